The second-order valence-corrected chi connectivity index (χ2v) is 6.47. The molecule has 0 bridgehead atoms. The van der Waals surface area contributed by atoms with Crippen molar-refractivity contribution < 1.29 is 9.18 Å². The summed E-state index contributed by atoms with van der Waals surface area (Å²) in [5.74, 6) is -0.312. The smallest absolute Gasteiger partial charge is 0.319 e. The van der Waals surface area contributed by atoms with Crippen molar-refractivity contribution in [2.75, 3.05) is 11.9 Å². The summed E-state index contributed by atoms with van der Waals surface area (Å²) in [7, 11) is 0. The maximum Gasteiger partial charge on any atom is 0.319 e. The van der Waals surface area contributed by atoms with Gasteiger partial charge in [0.1, 0.15) is 5.82 Å². The van der Waals surface area contributed by atoms with Crippen LogP contribution in [0.2, 0.25) is 0 Å². The first kappa shape index (κ1) is 15.0. The molecule has 3 rings (SSSR count). The molecule has 1 heterocycles. The number of amides is 2. The van der Waals surface area contributed by atoms with E-state index in [1.165, 1.54) is 53.8 Å². The summed E-state index contributed by atoms with van der Waals surface area (Å²) >= 11 is 1.85. The molecule has 1 aliphatic rings. The first-order valence-electron chi connectivity index (χ1n) is 7.61. The van der Waals surface area contributed by atoms with Gasteiger partial charge in [0, 0.05) is 17.1 Å². The number of carbonyl (C=O) groups is 1. The molecule has 1 aromatic heterocycles. The van der Waals surface area contributed by atoms with Gasteiger partial charge in [-0.15, -0.1) is 11.3 Å². The maximum absolute atomic E-state index is 12.8. The van der Waals surface area contributed by atoms with Crippen molar-refractivity contribution in [1.29, 1.82) is 0 Å². The number of urea groups is 1. The molecule has 0 saturated carbocycles. The lowest BCUT2D eigenvalue weighted by atomic mass is 9.95. The molecular formula is C17H19FN2OS. The maximum atomic E-state index is 12.8. The number of carbonyl (C=O) groups excluding carboxylic acids is 1. The predicted octanol–water partition coefficient (Wildman–Crippen LogP) is 4.13. The molecule has 0 aliphatic heterocycles. The van der Waals surface area contributed by atoms with Crippen molar-refractivity contribution in [2.24, 2.45) is 0 Å². The van der Waals surface area contributed by atoms with Crippen LogP contribution in [0.1, 0.15) is 28.8 Å². The van der Waals surface area contributed by atoms with Crippen LogP contribution in [-0.2, 0) is 19.3 Å². The number of hydrogen-bond acceptors (Lipinski definition) is 2. The average molecular weight is 318 g/mol. The lowest BCUT2D eigenvalue weighted by Crippen LogP contribution is -2.30. The molecule has 0 unspecified atom stereocenters. The van der Waals surface area contributed by atoms with E-state index in [4.69, 9.17) is 0 Å². The summed E-state index contributed by atoms with van der Waals surface area (Å²) in [6.45, 7) is 0.607. The molecule has 5 heteroatoms. The number of fused-ring (bicyclic) bond motifs is 1. The number of rotatable bonds is 4. The molecule has 2 aromatic rings. The van der Waals surface area contributed by atoms with Crippen LogP contribution < -0.4 is 10.6 Å². The van der Waals surface area contributed by atoms with Crippen LogP contribution in [0.3, 0.4) is 0 Å². The zero-order chi connectivity index (χ0) is 15.4. The van der Waals surface area contributed by atoms with Crippen LogP contribution in [0.25, 0.3) is 0 Å². The molecular weight excluding hydrogens is 299 g/mol. The monoisotopic (exact) mass is 318 g/mol. The van der Waals surface area contributed by atoms with Crippen LogP contribution in [0, 0.1) is 5.82 Å². The zero-order valence-electron chi connectivity index (χ0n) is 12.3. The highest BCUT2D eigenvalue weighted by atomic mass is 32.1. The molecule has 0 fully saturated rings. The summed E-state index contributed by atoms with van der Waals surface area (Å²) < 4.78 is 12.8. The fraction of sp³-hybridized carbons (Fsp3) is 0.353. The van der Waals surface area contributed by atoms with Crippen molar-refractivity contribution >= 4 is 23.1 Å². The number of aryl methyl sites for hydroxylation is 1. The normalized spacial score (nSPS) is 13.5. The Hall–Kier alpha value is -1.88. The summed E-state index contributed by atoms with van der Waals surface area (Å²) in [5, 5.41) is 7.78. The van der Waals surface area contributed by atoms with E-state index in [1.807, 2.05) is 11.3 Å². The fourth-order valence-corrected chi connectivity index (χ4v) is 3.97. The predicted molar refractivity (Wildman–Crippen MR) is 88.1 cm³/mol. The van der Waals surface area contributed by atoms with Crippen molar-refractivity contribution in [3.63, 3.8) is 0 Å². The molecule has 0 atom stereocenters. The summed E-state index contributed by atoms with van der Waals surface area (Å²) in [4.78, 5) is 13.3. The van der Waals surface area contributed by atoms with Gasteiger partial charge < -0.3 is 10.6 Å². The van der Waals surface area contributed by atoms with Gasteiger partial charge in [0.2, 0.25) is 0 Å². The first-order chi connectivity index (χ1) is 10.7. The Morgan fingerprint density at radius 2 is 1.95 bits per heavy atom. The molecule has 3 nitrogen and oxygen atoms in total. The van der Waals surface area contributed by atoms with Crippen molar-refractivity contribution in [1.82, 2.24) is 5.32 Å². The Labute approximate surface area is 133 Å². The summed E-state index contributed by atoms with van der Waals surface area (Å²) in [6, 6.07) is 5.49. The van der Waals surface area contributed by atoms with Gasteiger partial charge in [-0.1, -0.05) is 0 Å². The summed E-state index contributed by atoms with van der Waals surface area (Å²) in [6.07, 6.45) is 5.82. The Morgan fingerprint density at radius 1 is 1.18 bits per heavy atom. The third-order valence-electron chi connectivity index (χ3n) is 3.93. The van der Waals surface area contributed by atoms with E-state index in [9.17, 15) is 9.18 Å². The van der Waals surface area contributed by atoms with Crippen molar-refractivity contribution in [2.45, 2.75) is 32.1 Å². The van der Waals surface area contributed by atoms with E-state index in [0.29, 0.717) is 12.2 Å². The van der Waals surface area contributed by atoms with E-state index >= 15 is 0 Å². The fourth-order valence-electron chi connectivity index (χ4n) is 2.79. The quantitative estimate of drug-likeness (QED) is 0.874. The molecule has 2 amide bonds. The largest absolute Gasteiger partial charge is 0.338 e. The highest BCUT2D eigenvalue weighted by molar-refractivity contribution is 7.10. The molecule has 1 aromatic carbocycles. The molecule has 0 radical (unpaired) electrons. The van der Waals surface area contributed by atoms with E-state index in [1.54, 1.807) is 12.1 Å². The molecule has 22 heavy (non-hydrogen) atoms. The van der Waals surface area contributed by atoms with Crippen molar-refractivity contribution in [3.8, 4) is 0 Å². The van der Waals surface area contributed by atoms with Gasteiger partial charge in [-0.3, -0.25) is 0 Å². The zero-order valence-corrected chi connectivity index (χ0v) is 13.1. The minimum absolute atomic E-state index is 0.254. The minimum atomic E-state index is -0.312. The topological polar surface area (TPSA) is 41.1 Å². The van der Waals surface area contributed by atoms with Crippen LogP contribution in [0.5, 0.6) is 0 Å². The molecule has 116 valence electrons. The van der Waals surface area contributed by atoms with Crippen LogP contribution in [-0.4, -0.2) is 12.6 Å². The minimum Gasteiger partial charge on any atom is -0.338 e. The second kappa shape index (κ2) is 6.92. The summed E-state index contributed by atoms with van der Waals surface area (Å²) in [5.41, 5.74) is 3.48. The van der Waals surface area contributed by atoms with Gasteiger partial charge >= 0.3 is 6.03 Å². The number of halogens is 1. The van der Waals surface area contributed by atoms with Gasteiger partial charge in [-0.2, -0.15) is 0 Å². The highest BCUT2D eigenvalue weighted by Gasteiger charge is 2.15. The number of hydrogen-bond donors (Lipinski definition) is 2. The van der Waals surface area contributed by atoms with Gasteiger partial charge in [0.25, 0.3) is 0 Å². The highest BCUT2D eigenvalue weighted by Crippen LogP contribution is 2.30. The second-order valence-electron chi connectivity index (χ2n) is 5.51. The third kappa shape index (κ3) is 3.65. The Morgan fingerprint density at radius 3 is 2.77 bits per heavy atom. The van der Waals surface area contributed by atoms with Gasteiger partial charge in [-0.05, 0) is 72.9 Å². The van der Waals surface area contributed by atoms with E-state index in [-0.39, 0.29) is 11.8 Å². The Balaban J connectivity index is 1.47. The van der Waals surface area contributed by atoms with Crippen LogP contribution in [0.15, 0.2) is 29.6 Å². The number of benzene rings is 1. The average Bonchev–Trinajstić information content (AvgIpc) is 2.93. The first-order valence-corrected chi connectivity index (χ1v) is 8.49. The van der Waals surface area contributed by atoms with E-state index < -0.39 is 0 Å². The Kier molecular flexibility index (Phi) is 4.73. The SMILES string of the molecule is O=C(NCCc1csc2c1CCCC2)Nc1ccc(F)cc1. The lowest BCUT2D eigenvalue weighted by molar-refractivity contribution is 0.252. The lowest BCUT2D eigenvalue weighted by Gasteiger charge is -2.13. The molecule has 0 saturated heterocycles. The van der Waals surface area contributed by atoms with Gasteiger partial charge in [0.15, 0.2) is 0 Å². The molecule has 0 spiro atoms. The Bertz CT molecular complexity index is 651. The molecule has 2 N–H and O–H groups in total. The van der Waals surface area contributed by atoms with E-state index in [2.05, 4.69) is 16.0 Å². The van der Waals surface area contributed by atoms with Gasteiger partial charge in [-0.25, -0.2) is 9.18 Å². The van der Waals surface area contributed by atoms with E-state index in [0.717, 1.165) is 6.42 Å². The number of anilines is 1. The number of thiophene rings is 1. The van der Waals surface area contributed by atoms with Crippen LogP contribution in [0.4, 0.5) is 14.9 Å². The van der Waals surface area contributed by atoms with Crippen LogP contribution >= 0.6 is 11.3 Å². The molecule has 1 aliphatic carbocycles. The van der Waals surface area contributed by atoms with Crippen molar-refractivity contribution in [3.05, 3.63) is 51.5 Å². The number of nitrogens with one attached hydrogen (secondary N) is 2. The standard InChI is InChI=1S/C17H19FN2OS/c18-13-5-7-14(8-6-13)20-17(21)19-10-9-12-11-22-16-4-2-1-3-15(12)16/h5-8,11H,1-4,9-10H2,(H2,19,20,21). The third-order valence-corrected chi connectivity index (χ3v) is 5.07. The van der Waals surface area contributed by atoms with Gasteiger partial charge in [0.05, 0.1) is 0 Å².